The van der Waals surface area contributed by atoms with Gasteiger partial charge in [-0.05, 0) is 25.1 Å². The van der Waals surface area contributed by atoms with E-state index in [0.717, 1.165) is 28.5 Å². The molecular formula is C13H12ClN5. The zero-order valence-electron chi connectivity index (χ0n) is 10.4. The Bertz CT molecular complexity index is 722. The average Bonchev–Trinajstić information content (AvgIpc) is 2.77. The van der Waals surface area contributed by atoms with Gasteiger partial charge in [0.25, 0.3) is 0 Å². The van der Waals surface area contributed by atoms with Crippen molar-refractivity contribution in [1.29, 1.82) is 0 Å². The molecule has 0 bridgehead atoms. The first kappa shape index (κ1) is 12.0. The number of nitrogens with zero attached hydrogens (tertiary/aromatic N) is 5. The van der Waals surface area contributed by atoms with E-state index >= 15 is 0 Å². The molecule has 3 aromatic heterocycles. The van der Waals surface area contributed by atoms with Crippen molar-refractivity contribution in [2.75, 3.05) is 0 Å². The predicted octanol–water partition coefficient (Wildman–Crippen LogP) is 2.32. The number of aromatic nitrogens is 5. The lowest BCUT2D eigenvalue weighted by Crippen LogP contribution is -2.07. The van der Waals surface area contributed by atoms with Gasteiger partial charge in [-0.15, -0.1) is 11.6 Å². The second kappa shape index (κ2) is 4.93. The minimum atomic E-state index is 0.348. The van der Waals surface area contributed by atoms with E-state index in [4.69, 9.17) is 11.6 Å². The maximum atomic E-state index is 5.96. The first-order valence-corrected chi connectivity index (χ1v) is 6.46. The van der Waals surface area contributed by atoms with E-state index in [2.05, 4.69) is 19.9 Å². The van der Waals surface area contributed by atoms with E-state index in [-0.39, 0.29) is 0 Å². The summed E-state index contributed by atoms with van der Waals surface area (Å²) >= 11 is 5.96. The third-order valence-electron chi connectivity index (χ3n) is 2.86. The molecule has 3 rings (SSSR count). The molecule has 0 aliphatic heterocycles. The quantitative estimate of drug-likeness (QED) is 0.687. The first-order valence-electron chi connectivity index (χ1n) is 5.92. The summed E-state index contributed by atoms with van der Waals surface area (Å²) in [6.45, 7) is 2.47. The zero-order valence-corrected chi connectivity index (χ0v) is 11.2. The van der Waals surface area contributed by atoms with Gasteiger partial charge >= 0.3 is 0 Å². The number of imidazole rings is 1. The van der Waals surface area contributed by atoms with Gasteiger partial charge in [0.1, 0.15) is 17.2 Å². The monoisotopic (exact) mass is 273 g/mol. The highest BCUT2D eigenvalue weighted by Gasteiger charge is 2.11. The van der Waals surface area contributed by atoms with Gasteiger partial charge in [0.15, 0.2) is 5.65 Å². The number of fused-ring (bicyclic) bond motifs is 1. The van der Waals surface area contributed by atoms with Gasteiger partial charge in [-0.2, -0.15) is 0 Å². The fourth-order valence-electron chi connectivity index (χ4n) is 2.03. The molecule has 0 atom stereocenters. The number of hydrogen-bond acceptors (Lipinski definition) is 4. The average molecular weight is 274 g/mol. The number of pyridine rings is 1. The number of aryl methyl sites for hydroxylation is 1. The molecule has 0 aliphatic rings. The van der Waals surface area contributed by atoms with Crippen LogP contribution < -0.4 is 0 Å². The molecule has 3 aromatic rings. The van der Waals surface area contributed by atoms with Gasteiger partial charge < -0.3 is 4.57 Å². The van der Waals surface area contributed by atoms with Crippen molar-refractivity contribution < 1.29 is 0 Å². The molecule has 0 N–H and O–H groups in total. The number of rotatable bonds is 3. The van der Waals surface area contributed by atoms with Crippen LogP contribution in [0, 0.1) is 6.92 Å². The van der Waals surface area contributed by atoms with Gasteiger partial charge in [0.2, 0.25) is 0 Å². The van der Waals surface area contributed by atoms with Crippen molar-refractivity contribution in [1.82, 2.24) is 24.5 Å². The van der Waals surface area contributed by atoms with Crippen molar-refractivity contribution in [3.05, 3.63) is 47.9 Å². The highest BCUT2D eigenvalue weighted by Crippen LogP contribution is 2.16. The van der Waals surface area contributed by atoms with Crippen LogP contribution in [-0.4, -0.2) is 24.5 Å². The zero-order chi connectivity index (χ0) is 13.2. The lowest BCUT2D eigenvalue weighted by molar-refractivity contribution is 0.742. The van der Waals surface area contributed by atoms with Crippen LogP contribution in [0.3, 0.4) is 0 Å². The Balaban J connectivity index is 2.08. The largest absolute Gasteiger partial charge is 0.306 e. The van der Waals surface area contributed by atoms with E-state index in [0.29, 0.717) is 12.4 Å². The van der Waals surface area contributed by atoms with Crippen molar-refractivity contribution in [2.45, 2.75) is 19.3 Å². The van der Waals surface area contributed by atoms with E-state index in [1.54, 1.807) is 12.4 Å². The third-order valence-corrected chi connectivity index (χ3v) is 3.10. The van der Waals surface area contributed by atoms with Crippen molar-refractivity contribution in [2.24, 2.45) is 0 Å². The van der Waals surface area contributed by atoms with E-state index < -0.39 is 0 Å². The third kappa shape index (κ3) is 2.29. The molecule has 0 unspecified atom stereocenters. The van der Waals surface area contributed by atoms with E-state index in [1.165, 1.54) is 0 Å². The summed E-state index contributed by atoms with van der Waals surface area (Å²) in [5, 5.41) is 0. The number of hydrogen-bond donors (Lipinski definition) is 0. The molecule has 0 aliphatic carbocycles. The molecule has 0 radical (unpaired) electrons. The summed E-state index contributed by atoms with van der Waals surface area (Å²) in [6.07, 6.45) is 3.51. The Labute approximate surface area is 115 Å². The molecule has 0 amide bonds. The van der Waals surface area contributed by atoms with E-state index in [9.17, 15) is 0 Å². The highest BCUT2D eigenvalue weighted by molar-refractivity contribution is 6.16. The van der Waals surface area contributed by atoms with Crippen molar-refractivity contribution >= 4 is 22.8 Å². The molecular weight excluding hydrogens is 262 g/mol. The fraction of sp³-hybridized carbons (Fsp3) is 0.231. The van der Waals surface area contributed by atoms with Gasteiger partial charge in [0.05, 0.1) is 18.1 Å². The Morgan fingerprint density at radius 1 is 1.16 bits per heavy atom. The standard InChI is InChI=1S/C13H12ClN5/c1-9-15-6-4-10(17-9)8-19-12(7-14)18-11-3-2-5-16-13(11)19/h2-6H,7-8H2,1H3. The lowest BCUT2D eigenvalue weighted by Gasteiger charge is -2.06. The van der Waals surface area contributed by atoms with Gasteiger partial charge in [0, 0.05) is 12.4 Å². The summed E-state index contributed by atoms with van der Waals surface area (Å²) in [5.74, 6) is 1.90. The molecule has 19 heavy (non-hydrogen) atoms. The Morgan fingerprint density at radius 3 is 2.84 bits per heavy atom. The Kier molecular flexibility index (Phi) is 3.13. The second-order valence-corrected chi connectivity index (χ2v) is 4.46. The predicted molar refractivity (Wildman–Crippen MR) is 73.0 cm³/mol. The number of halogens is 1. The summed E-state index contributed by atoms with van der Waals surface area (Å²) < 4.78 is 1.99. The fourth-order valence-corrected chi connectivity index (χ4v) is 2.23. The molecule has 0 fully saturated rings. The Hall–Kier alpha value is -2.01. The Morgan fingerprint density at radius 2 is 2.05 bits per heavy atom. The minimum Gasteiger partial charge on any atom is -0.306 e. The molecule has 0 aromatic carbocycles. The lowest BCUT2D eigenvalue weighted by atomic mass is 10.3. The molecule has 3 heterocycles. The maximum absolute atomic E-state index is 5.96. The first-order chi connectivity index (χ1) is 9.28. The topological polar surface area (TPSA) is 56.5 Å². The van der Waals surface area contributed by atoms with Crippen molar-refractivity contribution in [3.63, 3.8) is 0 Å². The highest BCUT2D eigenvalue weighted by atomic mass is 35.5. The maximum Gasteiger partial charge on any atom is 0.160 e. The van der Waals surface area contributed by atoms with Crippen LogP contribution in [0.25, 0.3) is 11.2 Å². The smallest absolute Gasteiger partial charge is 0.160 e. The molecule has 0 spiro atoms. The van der Waals surface area contributed by atoms with Crippen LogP contribution in [0.1, 0.15) is 17.3 Å². The van der Waals surface area contributed by atoms with Gasteiger partial charge in [-0.25, -0.2) is 19.9 Å². The number of alkyl halides is 1. The van der Waals surface area contributed by atoms with Crippen LogP contribution in [0.4, 0.5) is 0 Å². The van der Waals surface area contributed by atoms with Crippen LogP contribution in [-0.2, 0) is 12.4 Å². The van der Waals surface area contributed by atoms with Crippen LogP contribution in [0.5, 0.6) is 0 Å². The van der Waals surface area contributed by atoms with Gasteiger partial charge in [-0.1, -0.05) is 0 Å². The van der Waals surface area contributed by atoms with Gasteiger partial charge in [-0.3, -0.25) is 0 Å². The molecule has 0 saturated heterocycles. The summed E-state index contributed by atoms with van der Waals surface area (Å²) in [4.78, 5) is 17.3. The summed E-state index contributed by atoms with van der Waals surface area (Å²) in [7, 11) is 0. The van der Waals surface area contributed by atoms with Crippen LogP contribution >= 0.6 is 11.6 Å². The molecule has 6 heteroatoms. The summed E-state index contributed by atoms with van der Waals surface area (Å²) in [6, 6.07) is 5.69. The minimum absolute atomic E-state index is 0.348. The van der Waals surface area contributed by atoms with Crippen LogP contribution in [0.15, 0.2) is 30.6 Å². The van der Waals surface area contributed by atoms with Crippen LogP contribution in [0.2, 0.25) is 0 Å². The molecule has 0 saturated carbocycles. The normalized spacial score (nSPS) is 11.1. The van der Waals surface area contributed by atoms with Crippen molar-refractivity contribution in [3.8, 4) is 0 Å². The SMILES string of the molecule is Cc1nccc(Cn2c(CCl)nc3cccnc32)n1. The summed E-state index contributed by atoms with van der Waals surface area (Å²) in [5.41, 5.74) is 2.60. The molecule has 5 nitrogen and oxygen atoms in total. The molecule has 96 valence electrons. The van der Waals surface area contributed by atoms with E-state index in [1.807, 2.05) is 29.7 Å². The second-order valence-electron chi connectivity index (χ2n) is 4.19.